The van der Waals surface area contributed by atoms with Crippen LogP contribution in [0.5, 0.6) is 5.75 Å². The van der Waals surface area contributed by atoms with Crippen molar-refractivity contribution in [1.82, 2.24) is 4.72 Å². The Hall–Kier alpha value is -2.23. The molecule has 1 aliphatic rings. The molecular weight excluding hydrogens is 322 g/mol. The SMILES string of the molecule is NC(=O)CS(=O)(=O)NC(=O)c1ccc(OC2CC2(F)F)cc1. The molecule has 0 radical (unpaired) electrons. The molecule has 120 valence electrons. The van der Waals surface area contributed by atoms with E-state index in [9.17, 15) is 26.8 Å². The second-order valence-corrected chi connectivity index (χ2v) is 6.47. The molecule has 7 nitrogen and oxygen atoms in total. The second-order valence-electron chi connectivity index (χ2n) is 4.75. The minimum absolute atomic E-state index is 0.0389. The van der Waals surface area contributed by atoms with E-state index in [1.54, 1.807) is 4.72 Å². The van der Waals surface area contributed by atoms with E-state index >= 15 is 0 Å². The summed E-state index contributed by atoms with van der Waals surface area (Å²) in [6.45, 7) is 0. The van der Waals surface area contributed by atoms with E-state index in [-0.39, 0.29) is 17.7 Å². The number of carbonyl (C=O) groups excluding carboxylic acids is 2. The van der Waals surface area contributed by atoms with Crippen molar-refractivity contribution < 1.29 is 31.5 Å². The summed E-state index contributed by atoms with van der Waals surface area (Å²) in [5.41, 5.74) is 4.70. The second kappa shape index (κ2) is 5.52. The van der Waals surface area contributed by atoms with Crippen molar-refractivity contribution in [2.24, 2.45) is 5.73 Å². The number of amides is 2. The van der Waals surface area contributed by atoms with Crippen LogP contribution in [-0.4, -0.2) is 38.0 Å². The number of nitrogens with one attached hydrogen (secondary N) is 1. The van der Waals surface area contributed by atoms with Gasteiger partial charge in [-0.2, -0.15) is 0 Å². The van der Waals surface area contributed by atoms with Crippen LogP contribution >= 0.6 is 0 Å². The average Bonchev–Trinajstić information content (AvgIpc) is 2.94. The smallest absolute Gasteiger partial charge is 0.288 e. The molecule has 1 aromatic carbocycles. The Labute approximate surface area is 124 Å². The van der Waals surface area contributed by atoms with Crippen LogP contribution in [0.2, 0.25) is 0 Å². The summed E-state index contributed by atoms with van der Waals surface area (Å²) in [5, 5.41) is 0. The van der Waals surface area contributed by atoms with Crippen LogP contribution in [0.4, 0.5) is 8.78 Å². The van der Waals surface area contributed by atoms with Gasteiger partial charge in [0.05, 0.1) is 6.42 Å². The highest BCUT2D eigenvalue weighted by molar-refractivity contribution is 7.90. The molecule has 0 heterocycles. The molecule has 1 fully saturated rings. The Morgan fingerprint density at radius 2 is 1.86 bits per heavy atom. The Morgan fingerprint density at radius 3 is 2.32 bits per heavy atom. The summed E-state index contributed by atoms with van der Waals surface area (Å²) in [6, 6.07) is 4.96. The van der Waals surface area contributed by atoms with Crippen LogP contribution in [0, 0.1) is 0 Å². The van der Waals surface area contributed by atoms with Crippen LogP contribution in [-0.2, 0) is 14.8 Å². The fourth-order valence-electron chi connectivity index (χ4n) is 1.59. The number of carbonyl (C=O) groups is 2. The zero-order chi connectivity index (χ0) is 16.5. The minimum atomic E-state index is -4.17. The van der Waals surface area contributed by atoms with E-state index in [1.165, 1.54) is 24.3 Å². The van der Waals surface area contributed by atoms with Crippen LogP contribution < -0.4 is 15.2 Å². The van der Waals surface area contributed by atoms with E-state index in [2.05, 4.69) is 0 Å². The molecule has 0 bridgehead atoms. The molecule has 1 aromatic rings. The van der Waals surface area contributed by atoms with Gasteiger partial charge < -0.3 is 10.5 Å². The summed E-state index contributed by atoms with van der Waals surface area (Å²) in [4.78, 5) is 22.2. The van der Waals surface area contributed by atoms with E-state index in [0.29, 0.717) is 0 Å². The molecule has 1 unspecified atom stereocenters. The van der Waals surface area contributed by atoms with E-state index in [0.717, 1.165) is 0 Å². The van der Waals surface area contributed by atoms with Crippen molar-refractivity contribution in [2.75, 3.05) is 5.75 Å². The minimum Gasteiger partial charge on any atom is -0.484 e. The third kappa shape index (κ3) is 4.13. The number of alkyl halides is 2. The number of hydrogen-bond donors (Lipinski definition) is 2. The molecular formula is C12H12F2N2O5S. The van der Waals surface area contributed by atoms with Crippen molar-refractivity contribution in [1.29, 1.82) is 0 Å². The molecule has 1 saturated carbocycles. The summed E-state index contributed by atoms with van der Waals surface area (Å²) < 4.78 is 54.8. The van der Waals surface area contributed by atoms with Crippen LogP contribution in [0.15, 0.2) is 24.3 Å². The van der Waals surface area contributed by atoms with Crippen LogP contribution in [0.3, 0.4) is 0 Å². The Bertz CT molecular complexity index is 703. The van der Waals surface area contributed by atoms with Gasteiger partial charge in [0.2, 0.25) is 15.9 Å². The first kappa shape index (κ1) is 16.1. The predicted octanol–water partition coefficient (Wildman–Crippen LogP) is 0.0179. The van der Waals surface area contributed by atoms with E-state index in [1.807, 2.05) is 0 Å². The van der Waals surface area contributed by atoms with Gasteiger partial charge in [-0.1, -0.05) is 0 Å². The molecule has 1 aliphatic carbocycles. The number of rotatable bonds is 6. The van der Waals surface area contributed by atoms with Crippen molar-refractivity contribution in [3.05, 3.63) is 29.8 Å². The van der Waals surface area contributed by atoms with Crippen LogP contribution in [0.25, 0.3) is 0 Å². The monoisotopic (exact) mass is 334 g/mol. The number of nitrogens with two attached hydrogens (primary N) is 1. The maximum atomic E-state index is 12.7. The quantitative estimate of drug-likeness (QED) is 0.761. The Balaban J connectivity index is 1.98. The third-order valence-electron chi connectivity index (χ3n) is 2.74. The summed E-state index contributed by atoms with van der Waals surface area (Å²) >= 11 is 0. The molecule has 3 N–H and O–H groups in total. The first-order valence-electron chi connectivity index (χ1n) is 6.07. The average molecular weight is 334 g/mol. The van der Waals surface area contributed by atoms with Gasteiger partial charge in [-0.05, 0) is 24.3 Å². The topological polar surface area (TPSA) is 116 Å². The molecule has 10 heteroatoms. The van der Waals surface area contributed by atoms with Gasteiger partial charge in [-0.3, -0.25) is 9.59 Å². The zero-order valence-electron chi connectivity index (χ0n) is 11.1. The van der Waals surface area contributed by atoms with E-state index in [4.69, 9.17) is 10.5 Å². The van der Waals surface area contributed by atoms with Crippen molar-refractivity contribution in [2.45, 2.75) is 18.4 Å². The van der Waals surface area contributed by atoms with Gasteiger partial charge >= 0.3 is 0 Å². The fraction of sp³-hybridized carbons (Fsp3) is 0.333. The van der Waals surface area contributed by atoms with Crippen LogP contribution in [0.1, 0.15) is 16.8 Å². The van der Waals surface area contributed by atoms with Gasteiger partial charge in [0.15, 0.2) is 6.10 Å². The highest BCUT2D eigenvalue weighted by Crippen LogP contribution is 2.44. The van der Waals surface area contributed by atoms with Gasteiger partial charge in [0.1, 0.15) is 11.5 Å². The highest BCUT2D eigenvalue weighted by atomic mass is 32.2. The zero-order valence-corrected chi connectivity index (χ0v) is 11.9. The van der Waals surface area contributed by atoms with Gasteiger partial charge in [-0.15, -0.1) is 0 Å². The Kier molecular flexibility index (Phi) is 4.05. The predicted molar refractivity (Wildman–Crippen MR) is 70.9 cm³/mol. The number of benzene rings is 1. The van der Waals surface area contributed by atoms with Gasteiger partial charge in [0.25, 0.3) is 11.8 Å². The molecule has 2 rings (SSSR count). The standard InChI is InChI=1S/C12H12F2N2O5S/c13-12(14)5-9(12)21-8-3-1-7(2-4-8)11(18)16-22(19,20)6-10(15)17/h1-4,9H,5-6H2,(H2,15,17)(H,16,18). The summed E-state index contributed by atoms with van der Waals surface area (Å²) in [7, 11) is -4.17. The maximum absolute atomic E-state index is 12.7. The lowest BCUT2D eigenvalue weighted by Gasteiger charge is -2.07. The van der Waals surface area contributed by atoms with Crippen molar-refractivity contribution in [3.63, 3.8) is 0 Å². The highest BCUT2D eigenvalue weighted by Gasteiger charge is 2.59. The lowest BCUT2D eigenvalue weighted by atomic mass is 10.2. The Morgan fingerprint density at radius 1 is 1.32 bits per heavy atom. The third-order valence-corrected chi connectivity index (χ3v) is 3.90. The number of sulfonamides is 1. The lowest BCUT2D eigenvalue weighted by molar-refractivity contribution is -0.115. The normalized spacial score (nSPS) is 19.3. The number of primary amides is 1. The number of hydrogen-bond acceptors (Lipinski definition) is 5. The summed E-state index contributed by atoms with van der Waals surface area (Å²) in [5.74, 6) is -5.78. The largest absolute Gasteiger partial charge is 0.484 e. The number of halogens is 2. The molecule has 0 saturated heterocycles. The molecule has 22 heavy (non-hydrogen) atoms. The maximum Gasteiger partial charge on any atom is 0.288 e. The molecule has 0 aromatic heterocycles. The first-order chi connectivity index (χ1) is 10.1. The lowest BCUT2D eigenvalue weighted by Crippen LogP contribution is -2.37. The first-order valence-corrected chi connectivity index (χ1v) is 7.72. The molecule has 1 atom stereocenters. The number of ether oxygens (including phenoxy) is 1. The van der Waals surface area contributed by atoms with Gasteiger partial charge in [0, 0.05) is 5.56 Å². The molecule has 2 amide bonds. The van der Waals surface area contributed by atoms with Gasteiger partial charge in [-0.25, -0.2) is 21.9 Å². The fourth-order valence-corrected chi connectivity index (χ4v) is 2.44. The molecule has 0 spiro atoms. The summed E-state index contributed by atoms with van der Waals surface area (Å²) in [6.07, 6.45) is -1.54. The molecule has 0 aliphatic heterocycles. The van der Waals surface area contributed by atoms with E-state index < -0.39 is 39.6 Å². The van der Waals surface area contributed by atoms with Crippen molar-refractivity contribution in [3.8, 4) is 5.75 Å². The van der Waals surface area contributed by atoms with Crippen molar-refractivity contribution >= 4 is 21.8 Å².